The lowest BCUT2D eigenvalue weighted by molar-refractivity contribution is -0.120. The zero-order valence-electron chi connectivity index (χ0n) is 13.9. The Hall–Kier alpha value is -1.55. The number of aryl methyl sites for hydroxylation is 2. The van der Waals surface area contributed by atoms with Gasteiger partial charge in [-0.15, -0.1) is 0 Å². The molecule has 0 saturated carbocycles. The van der Waals surface area contributed by atoms with Crippen molar-refractivity contribution in [1.82, 2.24) is 5.32 Å². The molecule has 21 heavy (non-hydrogen) atoms. The van der Waals surface area contributed by atoms with E-state index < -0.39 is 0 Å². The van der Waals surface area contributed by atoms with Crippen LogP contribution in [0.15, 0.2) is 12.1 Å². The number of amides is 1. The summed E-state index contributed by atoms with van der Waals surface area (Å²) in [4.78, 5) is 11.7. The summed E-state index contributed by atoms with van der Waals surface area (Å²) >= 11 is 0. The molecule has 0 radical (unpaired) electrons. The number of rotatable bonds is 6. The number of methoxy groups -OCH3 is 1. The van der Waals surface area contributed by atoms with Crippen LogP contribution in [0.1, 0.15) is 43.9 Å². The van der Waals surface area contributed by atoms with E-state index >= 15 is 0 Å². The number of benzene rings is 1. The summed E-state index contributed by atoms with van der Waals surface area (Å²) in [6, 6.07) is 4.26. The molecule has 0 bridgehead atoms. The maximum atomic E-state index is 11.7. The van der Waals surface area contributed by atoms with Gasteiger partial charge in [-0.05, 0) is 29.9 Å². The molecule has 1 aromatic rings. The van der Waals surface area contributed by atoms with Gasteiger partial charge >= 0.3 is 0 Å². The molecule has 0 fully saturated rings. The van der Waals surface area contributed by atoms with Gasteiger partial charge in [0.15, 0.2) is 0 Å². The normalized spacial score (nSPS) is 11.3. The minimum Gasteiger partial charge on any atom is -0.496 e. The zero-order valence-corrected chi connectivity index (χ0v) is 13.9. The Kier molecular flexibility index (Phi) is 6.21. The van der Waals surface area contributed by atoms with Gasteiger partial charge < -0.3 is 15.8 Å². The Labute approximate surface area is 128 Å². The Morgan fingerprint density at radius 3 is 2.52 bits per heavy atom. The topological polar surface area (TPSA) is 64.3 Å². The Bertz CT molecular complexity index is 490. The first-order valence-corrected chi connectivity index (χ1v) is 7.44. The van der Waals surface area contributed by atoms with Crippen molar-refractivity contribution in [2.24, 2.45) is 5.73 Å². The summed E-state index contributed by atoms with van der Waals surface area (Å²) in [5, 5.41) is 2.80. The number of hydrogen-bond acceptors (Lipinski definition) is 3. The SMILES string of the molecule is COc1c(C)cc(CCC(=O)NCCN)cc1C(C)(C)C. The highest BCUT2D eigenvalue weighted by Crippen LogP contribution is 2.35. The van der Waals surface area contributed by atoms with Crippen LogP contribution in [0.4, 0.5) is 0 Å². The molecule has 0 aromatic heterocycles. The molecule has 118 valence electrons. The summed E-state index contributed by atoms with van der Waals surface area (Å²) in [5.74, 6) is 0.991. The van der Waals surface area contributed by atoms with Crippen molar-refractivity contribution >= 4 is 5.91 Å². The van der Waals surface area contributed by atoms with Crippen LogP contribution in [0, 0.1) is 6.92 Å². The van der Waals surface area contributed by atoms with Crippen molar-refractivity contribution in [3.05, 3.63) is 28.8 Å². The van der Waals surface area contributed by atoms with Crippen molar-refractivity contribution in [3.8, 4) is 5.75 Å². The van der Waals surface area contributed by atoms with Gasteiger partial charge in [-0.1, -0.05) is 32.9 Å². The lowest BCUT2D eigenvalue weighted by Crippen LogP contribution is -2.29. The molecule has 1 aromatic carbocycles. The predicted octanol–water partition coefficient (Wildman–Crippen LogP) is 2.31. The van der Waals surface area contributed by atoms with Crippen LogP contribution in [0.5, 0.6) is 5.75 Å². The summed E-state index contributed by atoms with van der Waals surface area (Å²) in [6.07, 6.45) is 1.21. The van der Waals surface area contributed by atoms with Gasteiger partial charge in [0, 0.05) is 25.1 Å². The van der Waals surface area contributed by atoms with Gasteiger partial charge in [0.1, 0.15) is 5.75 Å². The van der Waals surface area contributed by atoms with Gasteiger partial charge in [-0.3, -0.25) is 4.79 Å². The fourth-order valence-corrected chi connectivity index (χ4v) is 2.38. The van der Waals surface area contributed by atoms with E-state index in [9.17, 15) is 4.79 Å². The molecule has 1 amide bonds. The first kappa shape index (κ1) is 17.5. The molecule has 0 spiro atoms. The second-order valence-electron chi connectivity index (χ2n) is 6.38. The molecular formula is C17H28N2O2. The second-order valence-corrected chi connectivity index (χ2v) is 6.38. The van der Waals surface area contributed by atoms with E-state index in [2.05, 4.69) is 38.2 Å². The van der Waals surface area contributed by atoms with Crippen LogP contribution >= 0.6 is 0 Å². The van der Waals surface area contributed by atoms with E-state index in [0.717, 1.165) is 17.7 Å². The molecular weight excluding hydrogens is 264 g/mol. The molecule has 1 rings (SSSR count). The van der Waals surface area contributed by atoms with E-state index in [-0.39, 0.29) is 11.3 Å². The summed E-state index contributed by atoms with van der Waals surface area (Å²) in [7, 11) is 1.71. The quantitative estimate of drug-likeness (QED) is 0.845. The summed E-state index contributed by atoms with van der Waals surface area (Å²) in [6.45, 7) is 9.56. The molecule has 0 aliphatic rings. The number of carbonyl (C=O) groups excluding carboxylic acids is 1. The molecule has 4 heteroatoms. The molecule has 0 aliphatic heterocycles. The number of hydrogen-bond donors (Lipinski definition) is 2. The molecule has 3 N–H and O–H groups in total. The molecule has 0 atom stereocenters. The molecule has 0 saturated heterocycles. The van der Waals surface area contributed by atoms with Gasteiger partial charge in [0.25, 0.3) is 0 Å². The van der Waals surface area contributed by atoms with Crippen molar-refractivity contribution in [2.75, 3.05) is 20.2 Å². The van der Waals surface area contributed by atoms with Crippen molar-refractivity contribution in [2.45, 2.75) is 46.0 Å². The standard InChI is InChI=1S/C17H28N2O2/c1-12-10-13(6-7-15(20)19-9-8-18)11-14(16(12)21-5)17(2,3)4/h10-11H,6-9,18H2,1-5H3,(H,19,20). The number of ether oxygens (including phenoxy) is 1. The van der Waals surface area contributed by atoms with Gasteiger partial charge in [0.2, 0.25) is 5.91 Å². The zero-order chi connectivity index (χ0) is 16.0. The monoisotopic (exact) mass is 292 g/mol. The van der Waals surface area contributed by atoms with Crippen molar-refractivity contribution in [1.29, 1.82) is 0 Å². The largest absolute Gasteiger partial charge is 0.496 e. The summed E-state index contributed by atoms with van der Waals surface area (Å²) < 4.78 is 5.54. The number of nitrogens with one attached hydrogen (secondary N) is 1. The fraction of sp³-hybridized carbons (Fsp3) is 0.588. The van der Waals surface area contributed by atoms with Crippen molar-refractivity contribution in [3.63, 3.8) is 0 Å². The second kappa shape index (κ2) is 7.46. The Balaban J connectivity index is 2.90. The van der Waals surface area contributed by atoms with Crippen LogP contribution in [0.25, 0.3) is 0 Å². The lowest BCUT2D eigenvalue weighted by Gasteiger charge is -2.24. The highest BCUT2D eigenvalue weighted by atomic mass is 16.5. The summed E-state index contributed by atoms with van der Waals surface area (Å²) in [5.41, 5.74) is 8.85. The maximum Gasteiger partial charge on any atom is 0.220 e. The first-order valence-electron chi connectivity index (χ1n) is 7.44. The van der Waals surface area contributed by atoms with E-state index in [0.29, 0.717) is 19.5 Å². The van der Waals surface area contributed by atoms with Gasteiger partial charge in [-0.25, -0.2) is 0 Å². The lowest BCUT2D eigenvalue weighted by atomic mass is 9.83. The van der Waals surface area contributed by atoms with Crippen LogP contribution < -0.4 is 15.8 Å². The Morgan fingerprint density at radius 2 is 2.00 bits per heavy atom. The molecule has 0 heterocycles. The van der Waals surface area contributed by atoms with E-state index in [4.69, 9.17) is 10.5 Å². The highest BCUT2D eigenvalue weighted by Gasteiger charge is 2.21. The fourth-order valence-electron chi connectivity index (χ4n) is 2.38. The smallest absolute Gasteiger partial charge is 0.220 e. The van der Waals surface area contributed by atoms with E-state index in [1.54, 1.807) is 7.11 Å². The van der Waals surface area contributed by atoms with Gasteiger partial charge in [-0.2, -0.15) is 0 Å². The van der Waals surface area contributed by atoms with Crippen LogP contribution in [0.2, 0.25) is 0 Å². The predicted molar refractivity (Wildman–Crippen MR) is 86.8 cm³/mol. The first-order chi connectivity index (χ1) is 9.79. The third-order valence-electron chi connectivity index (χ3n) is 3.45. The van der Waals surface area contributed by atoms with Crippen LogP contribution in [0.3, 0.4) is 0 Å². The molecule has 4 nitrogen and oxygen atoms in total. The van der Waals surface area contributed by atoms with E-state index in [1.807, 2.05) is 6.92 Å². The van der Waals surface area contributed by atoms with Gasteiger partial charge in [0.05, 0.1) is 7.11 Å². The third-order valence-corrected chi connectivity index (χ3v) is 3.45. The number of nitrogens with two attached hydrogens (primary N) is 1. The molecule has 0 unspecified atom stereocenters. The van der Waals surface area contributed by atoms with Crippen LogP contribution in [-0.4, -0.2) is 26.1 Å². The average Bonchev–Trinajstić information content (AvgIpc) is 2.41. The van der Waals surface area contributed by atoms with Crippen LogP contribution in [-0.2, 0) is 16.6 Å². The third kappa shape index (κ3) is 5.05. The van der Waals surface area contributed by atoms with E-state index in [1.165, 1.54) is 11.1 Å². The number of carbonyl (C=O) groups is 1. The minimum atomic E-state index is 0.00786. The highest BCUT2D eigenvalue weighted by molar-refractivity contribution is 5.76. The maximum absolute atomic E-state index is 11.7. The van der Waals surface area contributed by atoms with Crippen molar-refractivity contribution < 1.29 is 9.53 Å². The Morgan fingerprint density at radius 1 is 1.33 bits per heavy atom. The molecule has 0 aliphatic carbocycles. The minimum absolute atomic E-state index is 0.00786. The average molecular weight is 292 g/mol.